The number of anilines is 3. The van der Waals surface area contributed by atoms with Crippen molar-refractivity contribution >= 4 is 41.0 Å². The predicted molar refractivity (Wildman–Crippen MR) is 146 cm³/mol. The Balaban J connectivity index is 1.20. The fourth-order valence-electron chi connectivity index (χ4n) is 5.34. The van der Waals surface area contributed by atoms with Gasteiger partial charge in [0.2, 0.25) is 5.91 Å². The Bertz CT molecular complexity index is 1420. The molecule has 3 heterocycles. The summed E-state index contributed by atoms with van der Waals surface area (Å²) in [4.78, 5) is 34.5. The molecule has 1 aliphatic heterocycles. The Labute approximate surface area is 235 Å². The molecule has 0 bridgehead atoms. The number of amides is 1. The first-order chi connectivity index (χ1) is 19.2. The van der Waals surface area contributed by atoms with Crippen molar-refractivity contribution in [1.82, 2.24) is 25.1 Å². The summed E-state index contributed by atoms with van der Waals surface area (Å²) in [5.74, 6) is 0.298. The van der Waals surface area contributed by atoms with E-state index in [1.165, 1.54) is 24.5 Å². The fraction of sp³-hybridized carbons (Fsp3) is 0.407. The van der Waals surface area contributed by atoms with Crippen LogP contribution in [-0.4, -0.2) is 68.0 Å². The van der Waals surface area contributed by atoms with E-state index in [9.17, 15) is 14.0 Å². The van der Waals surface area contributed by atoms with Crippen LogP contribution < -0.4 is 10.6 Å². The van der Waals surface area contributed by atoms with E-state index in [1.54, 1.807) is 19.1 Å². The second-order valence-electron chi connectivity index (χ2n) is 10.3. The number of likely N-dealkylation sites (tertiary alicyclic amines) is 1. The normalized spacial score (nSPS) is 22.7. The molecule has 1 saturated heterocycles. The van der Waals surface area contributed by atoms with Crippen LogP contribution in [-0.2, 0) is 9.53 Å². The average molecular weight is 570 g/mol. The first-order valence-corrected chi connectivity index (χ1v) is 13.3. The lowest BCUT2D eigenvalue weighted by Gasteiger charge is -2.46. The van der Waals surface area contributed by atoms with E-state index in [0.29, 0.717) is 65.3 Å². The molecule has 40 heavy (non-hydrogen) atoms. The maximum atomic E-state index is 14.4. The largest absolute Gasteiger partial charge is 0.506 e. The molecule has 2 aliphatic rings. The van der Waals surface area contributed by atoms with Gasteiger partial charge in [0.15, 0.2) is 0 Å². The number of hydrogen-bond acceptors (Lipinski definition) is 9. The summed E-state index contributed by atoms with van der Waals surface area (Å²) in [6, 6.07) is 7.66. The highest BCUT2D eigenvalue weighted by atomic mass is 35.5. The number of hydrogen-bond donors (Lipinski definition) is 3. The summed E-state index contributed by atoms with van der Waals surface area (Å²) >= 11 is 6.03. The van der Waals surface area contributed by atoms with E-state index in [0.717, 1.165) is 6.54 Å². The number of piperidine rings is 1. The van der Waals surface area contributed by atoms with Gasteiger partial charge >= 0.3 is 6.16 Å². The zero-order chi connectivity index (χ0) is 28.4. The molecule has 11 nitrogen and oxygen atoms in total. The summed E-state index contributed by atoms with van der Waals surface area (Å²) in [6.45, 7) is 2.51. The monoisotopic (exact) mass is 569 g/mol. The molecule has 1 amide bonds. The van der Waals surface area contributed by atoms with Gasteiger partial charge in [-0.3, -0.25) is 4.79 Å². The summed E-state index contributed by atoms with van der Waals surface area (Å²) in [7, 11) is 2.03. The number of rotatable bonds is 7. The Hall–Kier alpha value is -3.90. The van der Waals surface area contributed by atoms with Crippen molar-refractivity contribution in [3.05, 3.63) is 53.2 Å². The van der Waals surface area contributed by atoms with Crippen LogP contribution in [0.1, 0.15) is 31.4 Å². The molecule has 210 valence electrons. The lowest BCUT2D eigenvalue weighted by Crippen LogP contribution is -2.51. The number of aryl methyl sites for hydroxylation is 1. The maximum Gasteiger partial charge on any atom is 0.506 e. The molecule has 3 N–H and O–H groups in total. The van der Waals surface area contributed by atoms with E-state index in [2.05, 4.69) is 35.7 Å². The van der Waals surface area contributed by atoms with Gasteiger partial charge in [-0.25, -0.2) is 19.2 Å². The number of nitrogens with zero attached hydrogens (tertiary/aromatic N) is 5. The van der Waals surface area contributed by atoms with Crippen molar-refractivity contribution in [2.24, 2.45) is 11.8 Å². The number of carbonyl (C=O) groups excluding carboxylic acids is 1. The van der Waals surface area contributed by atoms with Crippen LogP contribution in [0.3, 0.4) is 0 Å². The molecule has 0 radical (unpaired) electrons. The van der Waals surface area contributed by atoms with Crippen LogP contribution in [0.25, 0.3) is 11.3 Å². The van der Waals surface area contributed by atoms with Gasteiger partial charge < -0.3 is 25.4 Å². The molecule has 0 unspecified atom stereocenters. The van der Waals surface area contributed by atoms with Gasteiger partial charge in [0.05, 0.1) is 17.1 Å². The second-order valence-corrected chi connectivity index (χ2v) is 10.7. The molecule has 1 aromatic carbocycles. The molecule has 2 aromatic heterocycles. The van der Waals surface area contributed by atoms with Crippen LogP contribution in [0.2, 0.25) is 5.02 Å². The zero-order valence-electron chi connectivity index (χ0n) is 22.0. The highest BCUT2D eigenvalue weighted by molar-refractivity contribution is 6.30. The molecule has 13 heteroatoms. The molecule has 3 aromatic rings. The van der Waals surface area contributed by atoms with Gasteiger partial charge in [0, 0.05) is 41.6 Å². The van der Waals surface area contributed by atoms with Crippen molar-refractivity contribution < 1.29 is 23.8 Å². The fourth-order valence-corrected chi connectivity index (χ4v) is 5.51. The molecule has 0 spiro atoms. The van der Waals surface area contributed by atoms with Gasteiger partial charge in [-0.2, -0.15) is 10.2 Å². The van der Waals surface area contributed by atoms with E-state index >= 15 is 0 Å². The Kier molecular flexibility index (Phi) is 8.08. The third kappa shape index (κ3) is 6.28. The van der Waals surface area contributed by atoms with Crippen LogP contribution >= 0.6 is 11.6 Å². The average Bonchev–Trinajstić information content (AvgIpc) is 2.88. The predicted octanol–water partition coefficient (Wildman–Crippen LogP) is 4.90. The SMILES string of the molecule is Cc1nnc(-c2cc(Cl)ccc2F)cc1Nc1cc(NC(=O)C2CC([C@H]3C[C@@H](OC(=O)O)CCN3C)C2)ncn1. The number of halogens is 2. The third-order valence-corrected chi connectivity index (χ3v) is 7.83. The molecule has 2 fully saturated rings. The summed E-state index contributed by atoms with van der Waals surface area (Å²) < 4.78 is 19.4. The summed E-state index contributed by atoms with van der Waals surface area (Å²) in [6.07, 6.45) is 2.51. The van der Waals surface area contributed by atoms with Gasteiger partial charge in [-0.15, -0.1) is 0 Å². The second kappa shape index (κ2) is 11.7. The minimum absolute atomic E-state index is 0.127. The topological polar surface area (TPSA) is 142 Å². The van der Waals surface area contributed by atoms with Crippen molar-refractivity contribution in [2.45, 2.75) is 44.8 Å². The maximum absolute atomic E-state index is 14.4. The standard InChI is InChI=1S/C27H29ClFN7O4/c1-14-21(11-22(35-34-14)19-9-17(28)3-4-20(19)29)32-24-12-25(31-13-30-24)33-26(37)16-7-15(8-16)23-10-18(40-27(38)39)5-6-36(23)2/h3-4,9,11-13,15-16,18,23H,5-8,10H2,1-2H3,(H,38,39)(H2,30,31,32,33,35,37)/t15?,16?,18-,23+/m0/s1. The van der Waals surface area contributed by atoms with Gasteiger partial charge in [-0.1, -0.05) is 11.6 Å². The summed E-state index contributed by atoms with van der Waals surface area (Å²) in [5.41, 5.74) is 1.66. The lowest BCUT2D eigenvalue weighted by molar-refractivity contribution is -0.125. The highest BCUT2D eigenvalue weighted by Crippen LogP contribution is 2.41. The molecular weight excluding hydrogens is 541 g/mol. The molecule has 2 atom stereocenters. The molecular formula is C27H29ClFN7O4. The third-order valence-electron chi connectivity index (χ3n) is 7.60. The van der Waals surface area contributed by atoms with E-state index in [-0.39, 0.29) is 29.5 Å². The number of benzene rings is 1. The lowest BCUT2D eigenvalue weighted by atomic mass is 9.68. The molecule has 1 saturated carbocycles. The minimum atomic E-state index is -1.25. The van der Waals surface area contributed by atoms with Gasteiger partial charge in [0.25, 0.3) is 0 Å². The van der Waals surface area contributed by atoms with E-state index in [4.69, 9.17) is 21.4 Å². The van der Waals surface area contributed by atoms with Crippen LogP contribution in [0.5, 0.6) is 0 Å². The van der Waals surface area contributed by atoms with Gasteiger partial charge in [-0.05, 0) is 63.4 Å². The number of nitrogens with one attached hydrogen (secondary N) is 2. The number of carboxylic acid groups (broad SMARTS) is 1. The van der Waals surface area contributed by atoms with E-state index in [1.807, 2.05) is 7.05 Å². The van der Waals surface area contributed by atoms with Crippen LogP contribution in [0, 0.1) is 24.6 Å². The first kappa shape index (κ1) is 27.7. The van der Waals surface area contributed by atoms with Crippen molar-refractivity contribution in [2.75, 3.05) is 24.2 Å². The smallest absolute Gasteiger partial charge is 0.450 e. The summed E-state index contributed by atoms with van der Waals surface area (Å²) in [5, 5.41) is 23.6. The van der Waals surface area contributed by atoms with Gasteiger partial charge in [0.1, 0.15) is 29.9 Å². The highest BCUT2D eigenvalue weighted by Gasteiger charge is 2.43. The minimum Gasteiger partial charge on any atom is -0.450 e. The van der Waals surface area contributed by atoms with Crippen molar-refractivity contribution in [3.63, 3.8) is 0 Å². The Morgan fingerprint density at radius 3 is 2.67 bits per heavy atom. The Morgan fingerprint density at radius 1 is 1.12 bits per heavy atom. The number of aromatic nitrogens is 4. The number of carbonyl (C=O) groups is 2. The van der Waals surface area contributed by atoms with Crippen LogP contribution in [0.4, 0.5) is 26.5 Å². The first-order valence-electron chi connectivity index (χ1n) is 13.0. The molecule has 1 aliphatic carbocycles. The quantitative estimate of drug-likeness (QED) is 0.336. The van der Waals surface area contributed by atoms with Crippen LogP contribution in [0.15, 0.2) is 36.7 Å². The van der Waals surface area contributed by atoms with E-state index < -0.39 is 12.0 Å². The number of ether oxygens (including phenoxy) is 1. The van der Waals surface area contributed by atoms with Crippen molar-refractivity contribution in [3.8, 4) is 11.3 Å². The molecule has 5 rings (SSSR count). The zero-order valence-corrected chi connectivity index (χ0v) is 22.7. The van der Waals surface area contributed by atoms with Crippen molar-refractivity contribution in [1.29, 1.82) is 0 Å². The Morgan fingerprint density at radius 2 is 1.90 bits per heavy atom.